The predicted molar refractivity (Wildman–Crippen MR) is 77.2 cm³/mol. The molecule has 5 nitrogen and oxygen atoms in total. The van der Waals surface area contributed by atoms with Crippen molar-refractivity contribution < 1.29 is 9.53 Å². The smallest absolute Gasteiger partial charge is 0.241 e. The van der Waals surface area contributed by atoms with Crippen LogP contribution in [0.2, 0.25) is 0 Å². The Kier molecular flexibility index (Phi) is 3.15. The third kappa shape index (κ3) is 1.68. The molecule has 0 radical (unpaired) electrons. The fourth-order valence-corrected chi connectivity index (χ4v) is 4.32. The number of carbonyl (C=O) groups excluding carboxylic acids is 1. The summed E-state index contributed by atoms with van der Waals surface area (Å²) in [6.07, 6.45) is 2.71. The SMILES string of the molecule is CC(NC(=O)C1(N)C2CCOC2C1(C)C)c1nccs1. The van der Waals surface area contributed by atoms with Crippen LogP contribution in [0.5, 0.6) is 0 Å². The second-order valence-corrected chi connectivity index (χ2v) is 7.27. The van der Waals surface area contributed by atoms with Crippen molar-refractivity contribution >= 4 is 17.2 Å². The molecular formula is C14H21N3O2S. The van der Waals surface area contributed by atoms with Crippen LogP contribution in [0.1, 0.15) is 38.2 Å². The van der Waals surface area contributed by atoms with Crippen molar-refractivity contribution in [2.75, 3.05) is 6.61 Å². The van der Waals surface area contributed by atoms with E-state index < -0.39 is 5.54 Å². The summed E-state index contributed by atoms with van der Waals surface area (Å²) in [5.41, 5.74) is 5.32. The monoisotopic (exact) mass is 295 g/mol. The van der Waals surface area contributed by atoms with Gasteiger partial charge in [0.05, 0.1) is 12.1 Å². The van der Waals surface area contributed by atoms with Crippen LogP contribution >= 0.6 is 11.3 Å². The molecule has 1 amide bonds. The third-order valence-electron chi connectivity index (χ3n) is 5.00. The van der Waals surface area contributed by atoms with E-state index in [-0.39, 0.29) is 29.4 Å². The number of ether oxygens (including phenoxy) is 1. The highest BCUT2D eigenvalue weighted by Crippen LogP contribution is 2.58. The van der Waals surface area contributed by atoms with E-state index >= 15 is 0 Å². The highest BCUT2D eigenvalue weighted by molar-refractivity contribution is 7.09. The molecular weight excluding hydrogens is 274 g/mol. The van der Waals surface area contributed by atoms with Gasteiger partial charge >= 0.3 is 0 Å². The minimum atomic E-state index is -0.848. The summed E-state index contributed by atoms with van der Waals surface area (Å²) in [4.78, 5) is 16.9. The Labute approximate surface area is 122 Å². The van der Waals surface area contributed by atoms with Gasteiger partial charge in [0.15, 0.2) is 0 Å². The minimum absolute atomic E-state index is 0.0862. The second kappa shape index (κ2) is 4.51. The maximum atomic E-state index is 12.7. The Morgan fingerprint density at radius 2 is 2.40 bits per heavy atom. The fourth-order valence-electron chi connectivity index (χ4n) is 3.67. The second-order valence-electron chi connectivity index (χ2n) is 6.34. The van der Waals surface area contributed by atoms with Crippen LogP contribution in [0, 0.1) is 11.3 Å². The fraction of sp³-hybridized carbons (Fsp3) is 0.714. The van der Waals surface area contributed by atoms with Crippen molar-refractivity contribution in [3.63, 3.8) is 0 Å². The largest absolute Gasteiger partial charge is 0.377 e. The van der Waals surface area contributed by atoms with Crippen molar-refractivity contribution in [2.45, 2.75) is 44.9 Å². The minimum Gasteiger partial charge on any atom is -0.377 e. The first-order chi connectivity index (χ1) is 9.39. The summed E-state index contributed by atoms with van der Waals surface area (Å²) in [6, 6.07) is -0.111. The van der Waals surface area contributed by atoms with Crippen LogP contribution in [0.15, 0.2) is 11.6 Å². The average Bonchev–Trinajstić information content (AvgIpc) is 3.07. The Morgan fingerprint density at radius 3 is 3.05 bits per heavy atom. The van der Waals surface area contributed by atoms with Gasteiger partial charge in [0.25, 0.3) is 0 Å². The van der Waals surface area contributed by atoms with Crippen LogP contribution in [0.4, 0.5) is 0 Å². The van der Waals surface area contributed by atoms with Crippen LogP contribution in [0.3, 0.4) is 0 Å². The number of aromatic nitrogens is 1. The Balaban J connectivity index is 1.77. The number of thiazole rings is 1. The highest BCUT2D eigenvalue weighted by atomic mass is 32.1. The lowest BCUT2D eigenvalue weighted by molar-refractivity contribution is -0.175. The van der Waals surface area contributed by atoms with Crippen molar-refractivity contribution in [1.82, 2.24) is 10.3 Å². The summed E-state index contributed by atoms with van der Waals surface area (Å²) in [6.45, 7) is 6.68. The van der Waals surface area contributed by atoms with Gasteiger partial charge in [0.1, 0.15) is 10.5 Å². The first kappa shape index (κ1) is 14.0. The van der Waals surface area contributed by atoms with E-state index in [1.807, 2.05) is 26.2 Å². The van der Waals surface area contributed by atoms with Crippen molar-refractivity contribution in [3.05, 3.63) is 16.6 Å². The Morgan fingerprint density at radius 1 is 1.65 bits per heavy atom. The lowest BCUT2D eigenvalue weighted by atomic mass is 9.48. The lowest BCUT2D eigenvalue weighted by Crippen LogP contribution is -2.80. The standard InChI is InChI=1S/C14H21N3O2S/c1-8(11-16-5-7-20-11)17-12(18)14(15)9-4-6-19-10(9)13(14,2)3/h5,7-10H,4,6,15H2,1-3H3,(H,17,18). The van der Waals surface area contributed by atoms with Gasteiger partial charge in [-0.05, 0) is 13.3 Å². The molecule has 4 unspecified atom stereocenters. The number of nitrogens with zero attached hydrogens (tertiary/aromatic N) is 1. The van der Waals surface area contributed by atoms with Crippen LogP contribution in [0.25, 0.3) is 0 Å². The molecule has 4 atom stereocenters. The van der Waals surface area contributed by atoms with Gasteiger partial charge in [-0.1, -0.05) is 13.8 Å². The average molecular weight is 295 g/mol. The third-order valence-corrected chi connectivity index (χ3v) is 5.96. The van der Waals surface area contributed by atoms with Gasteiger partial charge in [0, 0.05) is 29.5 Å². The van der Waals surface area contributed by atoms with E-state index in [2.05, 4.69) is 10.3 Å². The first-order valence-corrected chi connectivity index (χ1v) is 7.88. The highest BCUT2D eigenvalue weighted by Gasteiger charge is 2.71. The lowest BCUT2D eigenvalue weighted by Gasteiger charge is -2.60. The van der Waals surface area contributed by atoms with Crippen molar-refractivity contribution in [2.24, 2.45) is 17.1 Å². The number of nitrogens with two attached hydrogens (primary N) is 1. The van der Waals surface area contributed by atoms with E-state index in [1.54, 1.807) is 6.20 Å². The van der Waals surface area contributed by atoms with Gasteiger partial charge in [-0.3, -0.25) is 4.79 Å². The summed E-state index contributed by atoms with van der Waals surface area (Å²) in [7, 11) is 0. The number of fused-ring (bicyclic) bond motifs is 1. The number of hydrogen-bond donors (Lipinski definition) is 2. The molecule has 3 rings (SSSR count). The molecule has 1 aliphatic carbocycles. The number of hydrogen-bond acceptors (Lipinski definition) is 5. The molecule has 1 aliphatic heterocycles. The number of rotatable bonds is 3. The van der Waals surface area contributed by atoms with E-state index in [9.17, 15) is 4.79 Å². The topological polar surface area (TPSA) is 77.2 Å². The molecule has 2 fully saturated rings. The normalized spacial score (nSPS) is 36.0. The number of amides is 1. The van der Waals surface area contributed by atoms with E-state index in [4.69, 9.17) is 10.5 Å². The summed E-state index contributed by atoms with van der Waals surface area (Å²) < 4.78 is 5.72. The molecule has 110 valence electrons. The van der Waals surface area contributed by atoms with E-state index in [0.717, 1.165) is 11.4 Å². The molecule has 0 bridgehead atoms. The zero-order valence-corrected chi connectivity index (χ0v) is 12.9. The first-order valence-electron chi connectivity index (χ1n) is 7.00. The quantitative estimate of drug-likeness (QED) is 0.885. The van der Waals surface area contributed by atoms with E-state index in [0.29, 0.717) is 6.61 Å². The molecule has 0 aromatic carbocycles. The van der Waals surface area contributed by atoms with Crippen LogP contribution in [-0.4, -0.2) is 29.1 Å². The zero-order chi connectivity index (χ0) is 14.5. The molecule has 1 saturated carbocycles. The molecule has 1 aromatic heterocycles. The molecule has 1 saturated heterocycles. The van der Waals surface area contributed by atoms with Gasteiger partial charge < -0.3 is 15.8 Å². The Hall–Kier alpha value is -0.980. The van der Waals surface area contributed by atoms with E-state index in [1.165, 1.54) is 11.3 Å². The molecule has 3 N–H and O–H groups in total. The molecule has 1 aromatic rings. The van der Waals surface area contributed by atoms with Crippen molar-refractivity contribution in [1.29, 1.82) is 0 Å². The summed E-state index contributed by atoms with van der Waals surface area (Å²) in [5, 5.41) is 5.83. The summed E-state index contributed by atoms with van der Waals surface area (Å²) >= 11 is 1.54. The number of nitrogens with one attached hydrogen (secondary N) is 1. The Bertz CT molecular complexity index is 516. The van der Waals surface area contributed by atoms with Gasteiger partial charge in [-0.15, -0.1) is 11.3 Å². The van der Waals surface area contributed by atoms with Gasteiger partial charge in [-0.25, -0.2) is 4.98 Å². The number of carbonyl (C=O) groups is 1. The van der Waals surface area contributed by atoms with Gasteiger partial charge in [0.2, 0.25) is 5.91 Å². The zero-order valence-electron chi connectivity index (χ0n) is 12.1. The molecule has 6 heteroatoms. The predicted octanol–water partition coefficient (Wildman–Crippen LogP) is 1.46. The molecule has 20 heavy (non-hydrogen) atoms. The van der Waals surface area contributed by atoms with Gasteiger partial charge in [-0.2, -0.15) is 0 Å². The maximum absolute atomic E-state index is 12.7. The maximum Gasteiger partial charge on any atom is 0.241 e. The van der Waals surface area contributed by atoms with Crippen molar-refractivity contribution in [3.8, 4) is 0 Å². The molecule has 2 heterocycles. The molecule has 2 aliphatic rings. The van der Waals surface area contributed by atoms with Crippen LogP contribution in [-0.2, 0) is 9.53 Å². The molecule has 0 spiro atoms. The van der Waals surface area contributed by atoms with Crippen LogP contribution < -0.4 is 11.1 Å². The summed E-state index contributed by atoms with van der Waals surface area (Å²) in [5.74, 6) is 0.0398.